The Bertz CT molecular complexity index is 1210. The number of ether oxygens (including phenoxy) is 1. The van der Waals surface area contributed by atoms with Crippen LogP contribution in [0.3, 0.4) is 0 Å². The maximum Gasteiger partial charge on any atom is 0.227 e. The number of rotatable bonds is 6. The maximum absolute atomic E-state index is 5.65. The number of hydrogen-bond acceptors (Lipinski definition) is 8. The third kappa shape index (κ3) is 4.72. The first-order chi connectivity index (χ1) is 14.8. The van der Waals surface area contributed by atoms with Crippen molar-refractivity contribution in [2.45, 2.75) is 26.4 Å². The number of nitrogens with zero attached hydrogens (tertiary/aromatic N) is 5. The lowest BCUT2D eigenvalue weighted by Gasteiger charge is -2.19. The Hall–Kier alpha value is -3.72. The Kier molecular flexibility index (Phi) is 5.43. The van der Waals surface area contributed by atoms with Crippen LogP contribution >= 0.6 is 0 Å². The molecule has 0 unspecified atom stereocenters. The molecule has 0 atom stereocenters. The molecule has 4 rings (SSSR count). The summed E-state index contributed by atoms with van der Waals surface area (Å²) in [6, 6.07) is 7.73. The number of aromatic nitrogens is 5. The van der Waals surface area contributed by atoms with Gasteiger partial charge in [-0.15, -0.1) is 0 Å². The molecule has 2 N–H and O–H groups in total. The van der Waals surface area contributed by atoms with Gasteiger partial charge >= 0.3 is 0 Å². The fourth-order valence-electron chi connectivity index (χ4n) is 2.96. The number of benzene rings is 1. The van der Waals surface area contributed by atoms with Gasteiger partial charge in [-0.05, 0) is 44.5 Å². The molecule has 0 saturated carbocycles. The van der Waals surface area contributed by atoms with Crippen LogP contribution in [-0.2, 0) is 11.9 Å². The largest absolute Gasteiger partial charge is 0.495 e. The van der Waals surface area contributed by atoms with E-state index < -0.39 is 0 Å². The molecular weight excluding hydrogens is 394 g/mol. The molecule has 0 aliphatic rings. The van der Waals surface area contributed by atoms with Crippen LogP contribution in [0.1, 0.15) is 20.8 Å². The molecule has 0 fully saturated rings. The zero-order chi connectivity index (χ0) is 22.0. The molecule has 4 aromatic rings. The number of aryl methyl sites for hydroxylation is 1. The predicted octanol–water partition coefficient (Wildman–Crippen LogP) is 4.32. The van der Waals surface area contributed by atoms with E-state index in [9.17, 15) is 0 Å². The van der Waals surface area contributed by atoms with Crippen molar-refractivity contribution in [3.05, 3.63) is 49.1 Å². The highest BCUT2D eigenvalue weighted by molar-refractivity contribution is 5.88. The maximum atomic E-state index is 5.65. The second-order valence-electron chi connectivity index (χ2n) is 8.05. The van der Waals surface area contributed by atoms with E-state index in [1.54, 1.807) is 24.2 Å². The van der Waals surface area contributed by atoms with E-state index in [2.05, 4.69) is 30.8 Å². The first kappa shape index (κ1) is 20.5. The molecule has 3 aromatic heterocycles. The van der Waals surface area contributed by atoms with Crippen molar-refractivity contribution in [1.29, 1.82) is 0 Å². The van der Waals surface area contributed by atoms with Crippen molar-refractivity contribution in [2.24, 2.45) is 7.05 Å². The molecule has 0 aliphatic heterocycles. The molecule has 9 nitrogen and oxygen atoms in total. The summed E-state index contributed by atoms with van der Waals surface area (Å²) in [6.45, 7) is 5.86. The molecule has 0 spiro atoms. The van der Waals surface area contributed by atoms with Crippen LogP contribution in [0.4, 0.5) is 17.5 Å². The Morgan fingerprint density at radius 1 is 1.03 bits per heavy atom. The Morgan fingerprint density at radius 2 is 1.87 bits per heavy atom. The van der Waals surface area contributed by atoms with Crippen LogP contribution in [0.2, 0.25) is 0 Å². The zero-order valence-corrected chi connectivity index (χ0v) is 18.2. The van der Waals surface area contributed by atoms with Gasteiger partial charge in [-0.3, -0.25) is 9.52 Å². The predicted molar refractivity (Wildman–Crippen MR) is 120 cm³/mol. The van der Waals surface area contributed by atoms with E-state index in [4.69, 9.17) is 9.57 Å². The summed E-state index contributed by atoms with van der Waals surface area (Å²) >= 11 is 0. The lowest BCUT2D eigenvalue weighted by molar-refractivity contribution is 0.0370. The molecule has 3 heterocycles. The van der Waals surface area contributed by atoms with Crippen molar-refractivity contribution in [3.63, 3.8) is 0 Å². The van der Waals surface area contributed by atoms with Gasteiger partial charge in [0.1, 0.15) is 11.3 Å². The second kappa shape index (κ2) is 8.19. The average Bonchev–Trinajstić information content (AvgIpc) is 3.18. The minimum Gasteiger partial charge on any atom is -0.495 e. The molecule has 0 amide bonds. The summed E-state index contributed by atoms with van der Waals surface area (Å²) in [6.07, 6.45) is 7.20. The smallest absolute Gasteiger partial charge is 0.227 e. The monoisotopic (exact) mass is 419 g/mol. The zero-order valence-electron chi connectivity index (χ0n) is 18.2. The van der Waals surface area contributed by atoms with Crippen molar-refractivity contribution in [3.8, 4) is 16.9 Å². The Morgan fingerprint density at radius 3 is 2.58 bits per heavy atom. The fourth-order valence-corrected chi connectivity index (χ4v) is 2.96. The Labute approximate surface area is 180 Å². The molecular formula is C22H25N7O2. The van der Waals surface area contributed by atoms with E-state index >= 15 is 0 Å². The van der Waals surface area contributed by atoms with Crippen molar-refractivity contribution in [1.82, 2.24) is 24.7 Å². The lowest BCUT2D eigenvalue weighted by Crippen LogP contribution is -2.23. The van der Waals surface area contributed by atoms with Crippen molar-refractivity contribution >= 4 is 28.4 Å². The third-order valence-electron chi connectivity index (χ3n) is 4.44. The van der Waals surface area contributed by atoms with Crippen LogP contribution in [0.5, 0.6) is 5.75 Å². The van der Waals surface area contributed by atoms with Crippen LogP contribution in [0, 0.1) is 0 Å². The molecule has 0 bridgehead atoms. The molecule has 0 aliphatic carbocycles. The third-order valence-corrected chi connectivity index (χ3v) is 4.44. The molecule has 31 heavy (non-hydrogen) atoms. The lowest BCUT2D eigenvalue weighted by atomic mass is 10.1. The summed E-state index contributed by atoms with van der Waals surface area (Å²) in [5, 5.41) is 8.31. The number of fused-ring (bicyclic) bond motifs is 1. The minimum absolute atomic E-state index is 0.374. The first-order valence-electron chi connectivity index (χ1n) is 9.82. The average molecular weight is 419 g/mol. The number of nitrogens with one attached hydrogen (secondary N) is 2. The Balaban J connectivity index is 1.63. The highest BCUT2D eigenvalue weighted by atomic mass is 16.7. The van der Waals surface area contributed by atoms with Gasteiger partial charge in [0.25, 0.3) is 0 Å². The number of hydrogen-bond donors (Lipinski definition) is 2. The first-order valence-corrected chi connectivity index (χ1v) is 9.82. The summed E-state index contributed by atoms with van der Waals surface area (Å²) in [7, 11) is 3.52. The standard InChI is InChI=1S/C22H25N7O2/c1-22(2,3)31-28-20-19-15(8-9-23-20)11-24-21(27-19)26-17-7-6-14(10-18(17)30-5)16-12-25-29(4)13-16/h6-13H,1-5H3,(H,23,28)(H,24,26,27). The summed E-state index contributed by atoms with van der Waals surface area (Å²) in [4.78, 5) is 19.1. The van der Waals surface area contributed by atoms with Gasteiger partial charge in [-0.1, -0.05) is 6.07 Å². The van der Waals surface area contributed by atoms with Crippen molar-refractivity contribution < 1.29 is 9.57 Å². The van der Waals surface area contributed by atoms with Gasteiger partial charge in [-0.25, -0.2) is 20.4 Å². The van der Waals surface area contributed by atoms with Gasteiger partial charge in [-0.2, -0.15) is 5.10 Å². The fraction of sp³-hybridized carbons (Fsp3) is 0.273. The topological polar surface area (TPSA) is 99.0 Å². The second-order valence-corrected chi connectivity index (χ2v) is 8.05. The van der Waals surface area contributed by atoms with Crippen LogP contribution in [-0.4, -0.2) is 37.4 Å². The summed E-state index contributed by atoms with van der Waals surface area (Å²) in [5.74, 6) is 1.62. The number of anilines is 3. The van der Waals surface area contributed by atoms with E-state index in [-0.39, 0.29) is 5.60 Å². The normalized spacial score (nSPS) is 11.5. The van der Waals surface area contributed by atoms with Crippen LogP contribution < -0.4 is 15.5 Å². The molecule has 0 saturated heterocycles. The van der Waals surface area contributed by atoms with Crippen LogP contribution in [0.25, 0.3) is 22.0 Å². The number of pyridine rings is 1. The van der Waals surface area contributed by atoms with Crippen LogP contribution in [0.15, 0.2) is 49.1 Å². The van der Waals surface area contributed by atoms with Gasteiger partial charge in [0.05, 0.1) is 24.6 Å². The van der Waals surface area contributed by atoms with E-state index in [1.165, 1.54) is 0 Å². The van der Waals surface area contributed by atoms with E-state index in [0.717, 1.165) is 22.2 Å². The van der Waals surface area contributed by atoms with Gasteiger partial charge in [0.2, 0.25) is 5.95 Å². The quantitative estimate of drug-likeness (QED) is 0.446. The molecule has 160 valence electrons. The van der Waals surface area contributed by atoms with E-state index in [0.29, 0.717) is 23.0 Å². The summed E-state index contributed by atoms with van der Waals surface area (Å²) < 4.78 is 7.35. The van der Waals surface area contributed by atoms with Gasteiger partial charge < -0.3 is 10.1 Å². The number of methoxy groups -OCH3 is 1. The highest BCUT2D eigenvalue weighted by Gasteiger charge is 2.14. The summed E-state index contributed by atoms with van der Waals surface area (Å²) in [5.41, 5.74) is 5.94. The van der Waals surface area contributed by atoms with E-state index in [1.807, 2.05) is 64.5 Å². The van der Waals surface area contributed by atoms with Crippen molar-refractivity contribution in [2.75, 3.05) is 17.9 Å². The van der Waals surface area contributed by atoms with Gasteiger partial charge in [0.15, 0.2) is 5.82 Å². The molecule has 0 radical (unpaired) electrons. The SMILES string of the molecule is COc1cc(-c2cnn(C)c2)ccc1Nc1ncc2ccnc(NOC(C)(C)C)c2n1. The van der Waals surface area contributed by atoms with Gasteiger partial charge in [0, 0.05) is 36.6 Å². The molecule has 1 aromatic carbocycles. The highest BCUT2D eigenvalue weighted by Crippen LogP contribution is 2.32. The minimum atomic E-state index is -0.374. The molecule has 9 heteroatoms.